The van der Waals surface area contributed by atoms with Gasteiger partial charge >= 0.3 is 0 Å². The fraction of sp³-hybridized carbons (Fsp3) is 0.212. The Balaban J connectivity index is 1.79. The lowest BCUT2D eigenvalue weighted by molar-refractivity contribution is -0.140. The molecule has 0 aliphatic heterocycles. The molecule has 1 atom stereocenters. The smallest absolute Gasteiger partial charge is 0.264 e. The number of nitrogens with one attached hydrogen (secondary N) is 1. The van der Waals surface area contributed by atoms with Crippen LogP contribution in [0.15, 0.2) is 112 Å². The summed E-state index contributed by atoms with van der Waals surface area (Å²) in [5.41, 5.74) is 2.79. The average Bonchev–Trinajstić information content (AvgIpc) is 2.99. The predicted octanol–water partition coefficient (Wildman–Crippen LogP) is 6.38. The monoisotopic (exact) mass is 681 g/mol. The normalized spacial score (nSPS) is 11.9. The number of sulfonamides is 1. The Hall–Kier alpha value is -3.66. The maximum atomic E-state index is 14.4. The third kappa shape index (κ3) is 8.46. The molecule has 0 radical (unpaired) electrons. The molecule has 10 heteroatoms. The van der Waals surface area contributed by atoms with Crippen molar-refractivity contribution < 1.29 is 18.0 Å². The van der Waals surface area contributed by atoms with Gasteiger partial charge in [-0.15, -0.1) is 0 Å². The van der Waals surface area contributed by atoms with Crippen LogP contribution in [0, 0.1) is 6.92 Å². The molecule has 0 saturated heterocycles. The molecule has 1 unspecified atom stereocenters. The van der Waals surface area contributed by atoms with Crippen LogP contribution in [0.25, 0.3) is 0 Å². The van der Waals surface area contributed by atoms with Crippen molar-refractivity contribution in [3.8, 4) is 0 Å². The van der Waals surface area contributed by atoms with Gasteiger partial charge in [-0.2, -0.15) is 0 Å². The lowest BCUT2D eigenvalue weighted by Gasteiger charge is -2.34. The van der Waals surface area contributed by atoms with Gasteiger partial charge in [0.15, 0.2) is 0 Å². The lowest BCUT2D eigenvalue weighted by atomic mass is 10.0. The van der Waals surface area contributed by atoms with E-state index in [1.165, 1.54) is 23.1 Å². The zero-order chi connectivity index (χ0) is 31.0. The van der Waals surface area contributed by atoms with E-state index in [9.17, 15) is 18.0 Å². The van der Waals surface area contributed by atoms with Crippen molar-refractivity contribution in [3.63, 3.8) is 0 Å². The van der Waals surface area contributed by atoms with Gasteiger partial charge in [0.25, 0.3) is 10.0 Å². The molecule has 4 rings (SSSR count). The van der Waals surface area contributed by atoms with Gasteiger partial charge in [0.2, 0.25) is 11.8 Å². The van der Waals surface area contributed by atoms with Gasteiger partial charge in [0, 0.05) is 29.0 Å². The first kappa shape index (κ1) is 32.3. The molecule has 2 amide bonds. The van der Waals surface area contributed by atoms with Crippen LogP contribution in [0.1, 0.15) is 23.6 Å². The van der Waals surface area contributed by atoms with Gasteiger partial charge < -0.3 is 10.2 Å². The van der Waals surface area contributed by atoms with Gasteiger partial charge in [-0.25, -0.2) is 8.42 Å². The highest BCUT2D eigenvalue weighted by molar-refractivity contribution is 9.10. The van der Waals surface area contributed by atoms with E-state index < -0.39 is 28.5 Å². The van der Waals surface area contributed by atoms with E-state index in [0.29, 0.717) is 11.6 Å². The number of anilines is 1. The number of carbonyl (C=O) groups is 2. The number of carbonyl (C=O) groups excluding carboxylic acids is 2. The summed E-state index contributed by atoms with van der Waals surface area (Å²) in [6.45, 7) is 3.60. The molecule has 0 heterocycles. The number of likely N-dealkylation sites (N-methyl/N-ethyl adjacent to an activating group) is 1. The number of hydrogen-bond donors (Lipinski definition) is 1. The van der Waals surface area contributed by atoms with Gasteiger partial charge in [-0.3, -0.25) is 13.9 Å². The zero-order valence-electron chi connectivity index (χ0n) is 23.9. The van der Waals surface area contributed by atoms with Crippen molar-refractivity contribution >= 4 is 55.1 Å². The molecule has 4 aromatic carbocycles. The summed E-state index contributed by atoms with van der Waals surface area (Å²) < 4.78 is 30.0. The summed E-state index contributed by atoms with van der Waals surface area (Å²) in [6.07, 6.45) is 0.247. The number of amides is 2. The zero-order valence-corrected chi connectivity index (χ0v) is 27.1. The van der Waals surface area contributed by atoms with Gasteiger partial charge in [-0.1, -0.05) is 93.8 Å². The van der Waals surface area contributed by atoms with E-state index >= 15 is 0 Å². The second-order valence-electron chi connectivity index (χ2n) is 10.1. The van der Waals surface area contributed by atoms with E-state index in [2.05, 4.69) is 21.2 Å². The summed E-state index contributed by atoms with van der Waals surface area (Å²) >= 11 is 9.71. The number of hydrogen-bond acceptors (Lipinski definition) is 4. The van der Waals surface area contributed by atoms with Gasteiger partial charge in [0.1, 0.15) is 12.6 Å². The molecule has 0 fully saturated rings. The van der Waals surface area contributed by atoms with Crippen LogP contribution in [0.4, 0.5) is 5.69 Å². The average molecular weight is 683 g/mol. The second kappa shape index (κ2) is 14.7. The molecule has 0 aliphatic rings. The lowest BCUT2D eigenvalue weighted by Crippen LogP contribution is -2.53. The number of aryl methyl sites for hydroxylation is 1. The number of benzene rings is 4. The first-order valence-electron chi connectivity index (χ1n) is 13.8. The Bertz CT molecular complexity index is 1650. The van der Waals surface area contributed by atoms with Crippen LogP contribution >= 0.6 is 27.5 Å². The summed E-state index contributed by atoms with van der Waals surface area (Å²) in [7, 11) is -4.19. The van der Waals surface area contributed by atoms with Crippen LogP contribution in [-0.4, -0.2) is 44.3 Å². The highest BCUT2D eigenvalue weighted by atomic mass is 79.9. The largest absolute Gasteiger partial charge is 0.355 e. The van der Waals surface area contributed by atoms with Crippen molar-refractivity contribution in [2.45, 2.75) is 37.8 Å². The minimum absolute atomic E-state index is 0.0369. The van der Waals surface area contributed by atoms with Crippen LogP contribution in [0.3, 0.4) is 0 Å². The standard InChI is InChI=1S/C33H33BrClN3O4S/c1-3-36-33(40)31(20-25-8-5-4-6-9-25)37(22-26-14-16-27(34)17-15-26)32(39)23-38(29-11-7-10-28(35)21-29)43(41,42)30-18-12-24(2)13-19-30/h4-19,21,31H,3,20,22-23H2,1-2H3,(H,36,40). The van der Waals surface area contributed by atoms with Gasteiger partial charge in [-0.05, 0) is 67.4 Å². The fourth-order valence-corrected chi connectivity index (χ4v) is 6.48. The van der Waals surface area contributed by atoms with E-state index in [1.54, 1.807) is 30.3 Å². The maximum absolute atomic E-state index is 14.4. The Morgan fingerprint density at radius 3 is 2.19 bits per heavy atom. The van der Waals surface area contributed by atoms with Crippen LogP contribution in [-0.2, 0) is 32.6 Å². The maximum Gasteiger partial charge on any atom is 0.264 e. The van der Waals surface area contributed by atoms with E-state index in [-0.39, 0.29) is 29.5 Å². The number of halogens is 2. The Kier molecular flexibility index (Phi) is 11.0. The molecule has 1 N–H and O–H groups in total. The van der Waals surface area contributed by atoms with Crippen molar-refractivity contribution in [3.05, 3.63) is 129 Å². The van der Waals surface area contributed by atoms with Crippen LogP contribution in [0.5, 0.6) is 0 Å². The SMILES string of the molecule is CCNC(=O)C(Cc1ccccc1)N(Cc1ccc(Br)cc1)C(=O)CN(c1cccc(Cl)c1)S(=O)(=O)c1ccc(C)cc1. The summed E-state index contributed by atoms with van der Waals surface area (Å²) in [4.78, 5) is 29.4. The summed E-state index contributed by atoms with van der Waals surface area (Å²) in [5.74, 6) is -0.863. The second-order valence-corrected chi connectivity index (χ2v) is 13.3. The highest BCUT2D eigenvalue weighted by Crippen LogP contribution is 2.27. The minimum Gasteiger partial charge on any atom is -0.355 e. The molecular weight excluding hydrogens is 650 g/mol. The highest BCUT2D eigenvalue weighted by Gasteiger charge is 2.34. The molecule has 0 saturated carbocycles. The Labute approximate surface area is 266 Å². The molecule has 0 aliphatic carbocycles. The summed E-state index contributed by atoms with van der Waals surface area (Å²) in [5, 5.41) is 3.18. The van der Waals surface area contributed by atoms with Crippen molar-refractivity contribution in [2.24, 2.45) is 0 Å². The first-order chi connectivity index (χ1) is 20.6. The van der Waals surface area contributed by atoms with Crippen LogP contribution < -0.4 is 9.62 Å². The predicted molar refractivity (Wildman–Crippen MR) is 174 cm³/mol. The molecule has 0 aromatic heterocycles. The topological polar surface area (TPSA) is 86.8 Å². The molecule has 224 valence electrons. The fourth-order valence-electron chi connectivity index (χ4n) is 4.63. The Morgan fingerprint density at radius 1 is 0.884 bits per heavy atom. The molecular formula is C33H33BrClN3O4S. The minimum atomic E-state index is -4.19. The van der Waals surface area contributed by atoms with Crippen molar-refractivity contribution in [1.29, 1.82) is 0 Å². The molecule has 0 spiro atoms. The molecule has 7 nitrogen and oxygen atoms in total. The van der Waals surface area contributed by atoms with E-state index in [1.807, 2.05) is 68.4 Å². The number of rotatable bonds is 12. The molecule has 4 aromatic rings. The van der Waals surface area contributed by atoms with E-state index in [0.717, 1.165) is 25.5 Å². The van der Waals surface area contributed by atoms with Gasteiger partial charge in [0.05, 0.1) is 10.6 Å². The third-order valence-corrected chi connectivity index (χ3v) is 9.42. The number of nitrogens with zero attached hydrogens (tertiary/aromatic N) is 2. The molecule has 0 bridgehead atoms. The summed E-state index contributed by atoms with van der Waals surface area (Å²) in [6, 6.07) is 28.8. The van der Waals surface area contributed by atoms with Crippen molar-refractivity contribution in [2.75, 3.05) is 17.4 Å². The van der Waals surface area contributed by atoms with Crippen molar-refractivity contribution in [1.82, 2.24) is 10.2 Å². The first-order valence-corrected chi connectivity index (χ1v) is 16.4. The quantitative estimate of drug-likeness (QED) is 0.188. The van der Waals surface area contributed by atoms with E-state index in [4.69, 9.17) is 11.6 Å². The Morgan fingerprint density at radius 2 is 1.56 bits per heavy atom. The molecule has 43 heavy (non-hydrogen) atoms. The van der Waals surface area contributed by atoms with Crippen LogP contribution in [0.2, 0.25) is 5.02 Å². The third-order valence-electron chi connectivity index (χ3n) is 6.87.